The van der Waals surface area contributed by atoms with Crippen molar-refractivity contribution in [1.82, 2.24) is 15.0 Å². The number of pyridine rings is 1. The van der Waals surface area contributed by atoms with Gasteiger partial charge in [0.15, 0.2) is 11.9 Å². The lowest BCUT2D eigenvalue weighted by Gasteiger charge is -2.32. The van der Waals surface area contributed by atoms with Gasteiger partial charge in [-0.1, -0.05) is 6.92 Å². The first-order chi connectivity index (χ1) is 11.7. The van der Waals surface area contributed by atoms with Crippen LogP contribution in [0.25, 0.3) is 11.4 Å². The Hall–Kier alpha value is -2.54. The molecule has 0 radical (unpaired) electrons. The zero-order valence-electron chi connectivity index (χ0n) is 13.8. The van der Waals surface area contributed by atoms with Gasteiger partial charge in [0.2, 0.25) is 0 Å². The largest absolute Gasteiger partial charge is 0.467 e. The molecule has 2 aromatic rings. The van der Waals surface area contributed by atoms with E-state index in [-0.39, 0.29) is 5.97 Å². The van der Waals surface area contributed by atoms with Crippen molar-refractivity contribution in [1.29, 1.82) is 0 Å². The van der Waals surface area contributed by atoms with Crippen LogP contribution in [0.2, 0.25) is 0 Å². The Bertz CT molecular complexity index is 708. The van der Waals surface area contributed by atoms with Crippen LogP contribution >= 0.6 is 0 Å². The topological polar surface area (TPSA) is 77.4 Å². The second kappa shape index (κ2) is 7.35. The molecule has 1 fully saturated rings. The third kappa shape index (κ3) is 3.51. The van der Waals surface area contributed by atoms with Gasteiger partial charge < -0.3 is 14.4 Å². The van der Waals surface area contributed by atoms with Gasteiger partial charge in [-0.2, -0.15) is 0 Å². The molecule has 1 atom stereocenters. The first kappa shape index (κ1) is 16.3. The molecule has 3 heterocycles. The zero-order valence-corrected chi connectivity index (χ0v) is 13.8. The molecule has 0 saturated carbocycles. The van der Waals surface area contributed by atoms with Crippen LogP contribution in [0.3, 0.4) is 0 Å². The van der Waals surface area contributed by atoms with Gasteiger partial charge in [-0.05, 0) is 18.6 Å². The molecule has 0 aliphatic carbocycles. The molecule has 7 nitrogen and oxygen atoms in total. The zero-order chi connectivity index (χ0) is 16.9. The van der Waals surface area contributed by atoms with E-state index in [9.17, 15) is 4.79 Å². The number of hydrogen-bond acceptors (Lipinski definition) is 7. The van der Waals surface area contributed by atoms with Crippen molar-refractivity contribution in [2.24, 2.45) is 0 Å². The number of aromatic nitrogens is 3. The molecule has 0 bridgehead atoms. The summed E-state index contributed by atoms with van der Waals surface area (Å²) in [6, 6.07) is 5.73. The first-order valence-corrected chi connectivity index (χ1v) is 7.94. The lowest BCUT2D eigenvalue weighted by molar-refractivity contribution is -0.154. The van der Waals surface area contributed by atoms with Gasteiger partial charge in [0, 0.05) is 36.3 Å². The molecule has 24 heavy (non-hydrogen) atoms. The SMILES string of the molecule is CCc1cc(N2CCOC(C(=O)OC)C2)nc(-c2ccncc2)n1. The van der Waals surface area contributed by atoms with Crippen LogP contribution in [-0.4, -0.2) is 53.8 Å². The summed E-state index contributed by atoms with van der Waals surface area (Å²) in [4.78, 5) is 27.1. The van der Waals surface area contributed by atoms with E-state index in [4.69, 9.17) is 9.47 Å². The van der Waals surface area contributed by atoms with Crippen molar-refractivity contribution in [2.45, 2.75) is 19.4 Å². The van der Waals surface area contributed by atoms with Crippen LogP contribution < -0.4 is 4.90 Å². The van der Waals surface area contributed by atoms with Crippen molar-refractivity contribution in [3.05, 3.63) is 36.3 Å². The Balaban J connectivity index is 1.91. The van der Waals surface area contributed by atoms with Gasteiger partial charge in [-0.15, -0.1) is 0 Å². The van der Waals surface area contributed by atoms with Gasteiger partial charge in [0.1, 0.15) is 5.82 Å². The number of carbonyl (C=O) groups is 1. The molecule has 1 unspecified atom stereocenters. The van der Waals surface area contributed by atoms with Crippen LogP contribution in [-0.2, 0) is 20.7 Å². The predicted octanol–water partition coefficient (Wildman–Crippen LogP) is 1.48. The summed E-state index contributed by atoms with van der Waals surface area (Å²) in [5.41, 5.74) is 1.87. The molecule has 2 aromatic heterocycles. The average molecular weight is 328 g/mol. The molecule has 0 amide bonds. The van der Waals surface area contributed by atoms with Gasteiger partial charge in [-0.3, -0.25) is 4.98 Å². The smallest absolute Gasteiger partial charge is 0.336 e. The van der Waals surface area contributed by atoms with E-state index in [0.717, 1.165) is 23.5 Å². The molecular formula is C17H20N4O3. The fourth-order valence-electron chi connectivity index (χ4n) is 2.59. The molecule has 7 heteroatoms. The highest BCUT2D eigenvalue weighted by Gasteiger charge is 2.28. The van der Waals surface area contributed by atoms with E-state index in [2.05, 4.69) is 21.9 Å². The Kier molecular flexibility index (Phi) is 5.00. The quantitative estimate of drug-likeness (QED) is 0.787. The number of rotatable bonds is 4. The molecular weight excluding hydrogens is 308 g/mol. The van der Waals surface area contributed by atoms with E-state index >= 15 is 0 Å². The summed E-state index contributed by atoms with van der Waals surface area (Å²) < 4.78 is 10.3. The third-order valence-electron chi connectivity index (χ3n) is 3.92. The lowest BCUT2D eigenvalue weighted by atomic mass is 10.2. The number of anilines is 1. The maximum absolute atomic E-state index is 11.7. The van der Waals surface area contributed by atoms with Crippen LogP contribution in [0.4, 0.5) is 5.82 Å². The maximum atomic E-state index is 11.7. The van der Waals surface area contributed by atoms with E-state index < -0.39 is 6.10 Å². The molecule has 0 aromatic carbocycles. The Morgan fingerprint density at radius 2 is 2.17 bits per heavy atom. The number of nitrogens with zero attached hydrogens (tertiary/aromatic N) is 4. The fraction of sp³-hybridized carbons (Fsp3) is 0.412. The minimum Gasteiger partial charge on any atom is -0.467 e. The highest BCUT2D eigenvalue weighted by atomic mass is 16.6. The molecule has 3 rings (SSSR count). The van der Waals surface area contributed by atoms with Gasteiger partial charge >= 0.3 is 5.97 Å². The van der Waals surface area contributed by atoms with Crippen LogP contribution in [0, 0.1) is 0 Å². The Morgan fingerprint density at radius 3 is 2.88 bits per heavy atom. The molecule has 1 saturated heterocycles. The normalized spacial score (nSPS) is 17.6. The number of hydrogen-bond donors (Lipinski definition) is 0. The molecule has 0 N–H and O–H groups in total. The molecule has 1 aliphatic heterocycles. The summed E-state index contributed by atoms with van der Waals surface area (Å²) in [7, 11) is 1.37. The van der Waals surface area contributed by atoms with Crippen LogP contribution in [0.15, 0.2) is 30.6 Å². The number of carbonyl (C=O) groups excluding carboxylic acids is 1. The number of morpholine rings is 1. The van der Waals surface area contributed by atoms with Crippen molar-refractivity contribution < 1.29 is 14.3 Å². The van der Waals surface area contributed by atoms with Gasteiger partial charge in [0.05, 0.1) is 20.3 Å². The summed E-state index contributed by atoms with van der Waals surface area (Å²) in [6.07, 6.45) is 3.66. The number of esters is 1. The van der Waals surface area contributed by atoms with E-state index in [1.54, 1.807) is 12.4 Å². The lowest BCUT2D eigenvalue weighted by Crippen LogP contribution is -2.47. The summed E-state index contributed by atoms with van der Waals surface area (Å²) in [5.74, 6) is 1.09. The third-order valence-corrected chi connectivity index (χ3v) is 3.92. The second-order valence-corrected chi connectivity index (χ2v) is 5.46. The standard InChI is InChI=1S/C17H20N4O3/c1-3-13-10-15(20-16(19-13)12-4-6-18-7-5-12)21-8-9-24-14(11-21)17(22)23-2/h4-7,10,14H,3,8-9,11H2,1-2H3. The highest BCUT2D eigenvalue weighted by Crippen LogP contribution is 2.22. The molecule has 0 spiro atoms. The monoisotopic (exact) mass is 328 g/mol. The number of aryl methyl sites for hydroxylation is 1. The second-order valence-electron chi connectivity index (χ2n) is 5.46. The van der Waals surface area contributed by atoms with E-state index in [0.29, 0.717) is 25.5 Å². The summed E-state index contributed by atoms with van der Waals surface area (Å²) >= 11 is 0. The minimum atomic E-state index is -0.590. The van der Waals surface area contributed by atoms with Crippen LogP contribution in [0.1, 0.15) is 12.6 Å². The number of ether oxygens (including phenoxy) is 2. The Morgan fingerprint density at radius 1 is 1.38 bits per heavy atom. The maximum Gasteiger partial charge on any atom is 0.336 e. The predicted molar refractivity (Wildman–Crippen MR) is 88.6 cm³/mol. The van der Waals surface area contributed by atoms with Crippen molar-refractivity contribution >= 4 is 11.8 Å². The minimum absolute atomic E-state index is 0.362. The molecule has 126 valence electrons. The Labute approximate surface area is 140 Å². The van der Waals surface area contributed by atoms with Crippen LogP contribution in [0.5, 0.6) is 0 Å². The molecule has 1 aliphatic rings. The average Bonchev–Trinajstić information content (AvgIpc) is 2.67. The van der Waals surface area contributed by atoms with Crippen molar-refractivity contribution in [3.63, 3.8) is 0 Å². The summed E-state index contributed by atoms with van der Waals surface area (Å²) in [5, 5.41) is 0. The van der Waals surface area contributed by atoms with E-state index in [1.807, 2.05) is 23.1 Å². The van der Waals surface area contributed by atoms with Crippen molar-refractivity contribution in [2.75, 3.05) is 31.7 Å². The highest BCUT2D eigenvalue weighted by molar-refractivity contribution is 5.75. The first-order valence-electron chi connectivity index (χ1n) is 7.94. The number of methoxy groups -OCH3 is 1. The summed E-state index contributed by atoms with van der Waals surface area (Å²) in [6.45, 7) is 3.60. The van der Waals surface area contributed by atoms with Gasteiger partial charge in [-0.25, -0.2) is 14.8 Å². The van der Waals surface area contributed by atoms with Crippen molar-refractivity contribution in [3.8, 4) is 11.4 Å². The van der Waals surface area contributed by atoms with E-state index in [1.165, 1.54) is 7.11 Å². The fourth-order valence-corrected chi connectivity index (χ4v) is 2.59. The van der Waals surface area contributed by atoms with Gasteiger partial charge in [0.25, 0.3) is 0 Å².